The van der Waals surface area contributed by atoms with Gasteiger partial charge in [-0.25, -0.2) is 14.8 Å². The summed E-state index contributed by atoms with van der Waals surface area (Å²) < 4.78 is 0. The Bertz CT molecular complexity index is 639. The minimum Gasteiger partial charge on any atom is -0.477 e. The molecule has 0 bridgehead atoms. The smallest absolute Gasteiger partial charge is 0.341 e. The van der Waals surface area contributed by atoms with E-state index in [-0.39, 0.29) is 11.4 Å². The molecule has 0 aliphatic heterocycles. The van der Waals surface area contributed by atoms with Gasteiger partial charge in [0, 0.05) is 6.20 Å². The molecular formula is C12H11ClN4O2S. The van der Waals surface area contributed by atoms with Crippen molar-refractivity contribution < 1.29 is 9.90 Å². The van der Waals surface area contributed by atoms with Crippen molar-refractivity contribution in [3.63, 3.8) is 0 Å². The van der Waals surface area contributed by atoms with Crippen molar-refractivity contribution in [1.29, 1.82) is 0 Å². The zero-order valence-corrected chi connectivity index (χ0v) is 12.0. The summed E-state index contributed by atoms with van der Waals surface area (Å²) in [4.78, 5) is 19.2. The van der Waals surface area contributed by atoms with Crippen LogP contribution in [0.5, 0.6) is 0 Å². The molecule has 0 unspecified atom stereocenters. The molecule has 2 rings (SSSR count). The highest BCUT2D eigenvalue weighted by Gasteiger charge is 2.13. The van der Waals surface area contributed by atoms with Crippen LogP contribution >= 0.6 is 23.4 Å². The van der Waals surface area contributed by atoms with Crippen molar-refractivity contribution in [1.82, 2.24) is 9.97 Å². The zero-order valence-electron chi connectivity index (χ0n) is 10.4. The normalized spacial score (nSPS) is 10.1. The number of hydrazine groups is 1. The molecule has 0 amide bonds. The molecule has 1 aromatic heterocycles. The molecule has 0 saturated heterocycles. The lowest BCUT2D eigenvalue weighted by molar-refractivity contribution is 0.0697. The van der Waals surface area contributed by atoms with Gasteiger partial charge in [0.15, 0.2) is 11.0 Å². The number of hydrogen-bond acceptors (Lipinski definition) is 6. The first-order chi connectivity index (χ1) is 9.61. The molecule has 20 heavy (non-hydrogen) atoms. The second-order valence-electron chi connectivity index (χ2n) is 3.65. The second-order valence-corrected chi connectivity index (χ2v) is 4.83. The highest BCUT2D eigenvalue weighted by molar-refractivity contribution is 7.98. The number of benzene rings is 1. The van der Waals surface area contributed by atoms with E-state index in [0.717, 1.165) is 0 Å². The molecule has 0 spiro atoms. The summed E-state index contributed by atoms with van der Waals surface area (Å²) >= 11 is 7.31. The van der Waals surface area contributed by atoms with Crippen molar-refractivity contribution in [2.45, 2.75) is 5.16 Å². The molecule has 0 aliphatic carbocycles. The van der Waals surface area contributed by atoms with Crippen molar-refractivity contribution in [3.05, 3.63) is 41.0 Å². The molecule has 0 radical (unpaired) electrons. The Kier molecular flexibility index (Phi) is 4.65. The van der Waals surface area contributed by atoms with Gasteiger partial charge in [-0.2, -0.15) is 0 Å². The van der Waals surface area contributed by atoms with Gasteiger partial charge in [0.05, 0.1) is 10.7 Å². The van der Waals surface area contributed by atoms with Crippen molar-refractivity contribution in [3.8, 4) is 0 Å². The Hall–Kier alpha value is -1.99. The molecular weight excluding hydrogens is 300 g/mol. The van der Waals surface area contributed by atoms with Crippen LogP contribution in [-0.4, -0.2) is 27.3 Å². The van der Waals surface area contributed by atoms with Gasteiger partial charge in [-0.05, 0) is 18.4 Å². The van der Waals surface area contributed by atoms with E-state index >= 15 is 0 Å². The van der Waals surface area contributed by atoms with Gasteiger partial charge < -0.3 is 5.11 Å². The lowest BCUT2D eigenvalue weighted by Gasteiger charge is -2.12. The van der Waals surface area contributed by atoms with Crippen LogP contribution in [0.25, 0.3) is 0 Å². The van der Waals surface area contributed by atoms with Crippen molar-refractivity contribution in [2.24, 2.45) is 0 Å². The van der Waals surface area contributed by atoms with Crippen LogP contribution in [0.2, 0.25) is 5.02 Å². The van der Waals surface area contributed by atoms with Crippen LogP contribution in [-0.2, 0) is 0 Å². The van der Waals surface area contributed by atoms with Crippen molar-refractivity contribution >= 4 is 40.8 Å². The maximum atomic E-state index is 11.1. The molecule has 1 heterocycles. The van der Waals surface area contributed by atoms with E-state index < -0.39 is 5.97 Å². The zero-order chi connectivity index (χ0) is 14.5. The van der Waals surface area contributed by atoms with Crippen LogP contribution in [0.4, 0.5) is 11.5 Å². The molecule has 0 atom stereocenters. The lowest BCUT2D eigenvalue weighted by atomic mass is 10.3. The average molecular weight is 311 g/mol. The predicted molar refractivity (Wildman–Crippen MR) is 79.5 cm³/mol. The van der Waals surface area contributed by atoms with Crippen molar-refractivity contribution in [2.75, 3.05) is 17.1 Å². The Morgan fingerprint density at radius 1 is 1.35 bits per heavy atom. The van der Waals surface area contributed by atoms with Crippen LogP contribution in [0, 0.1) is 0 Å². The van der Waals surface area contributed by atoms with Crippen LogP contribution in [0.15, 0.2) is 35.6 Å². The van der Waals surface area contributed by atoms with Crippen LogP contribution in [0.1, 0.15) is 10.4 Å². The number of carboxylic acids is 1. The summed E-state index contributed by atoms with van der Waals surface area (Å²) in [5.74, 6) is -0.933. The SMILES string of the molecule is CSc1ncc(C(=O)O)c(NNc2ccccc2Cl)n1. The van der Waals surface area contributed by atoms with E-state index in [2.05, 4.69) is 20.8 Å². The van der Waals surface area contributed by atoms with E-state index in [1.165, 1.54) is 18.0 Å². The Morgan fingerprint density at radius 2 is 2.10 bits per heavy atom. The quantitative estimate of drug-likeness (QED) is 0.444. The van der Waals surface area contributed by atoms with Gasteiger partial charge in [-0.3, -0.25) is 10.9 Å². The monoisotopic (exact) mass is 310 g/mol. The van der Waals surface area contributed by atoms with Gasteiger partial charge in [0.25, 0.3) is 0 Å². The van der Waals surface area contributed by atoms with Gasteiger partial charge in [0.2, 0.25) is 0 Å². The van der Waals surface area contributed by atoms with E-state index in [9.17, 15) is 4.79 Å². The molecule has 1 aromatic carbocycles. The number of carboxylic acid groups (broad SMARTS) is 1. The van der Waals surface area contributed by atoms with E-state index in [0.29, 0.717) is 15.9 Å². The van der Waals surface area contributed by atoms with Gasteiger partial charge >= 0.3 is 5.97 Å². The second kappa shape index (κ2) is 6.44. The maximum absolute atomic E-state index is 11.1. The van der Waals surface area contributed by atoms with E-state index in [4.69, 9.17) is 16.7 Å². The number of nitrogens with zero attached hydrogens (tertiary/aromatic N) is 2. The topological polar surface area (TPSA) is 87.1 Å². The van der Waals surface area contributed by atoms with Crippen LogP contribution < -0.4 is 10.9 Å². The number of rotatable bonds is 5. The number of thioether (sulfide) groups is 1. The summed E-state index contributed by atoms with van der Waals surface area (Å²) in [6.07, 6.45) is 3.07. The fourth-order valence-corrected chi connectivity index (χ4v) is 1.93. The Labute approximate surface area is 124 Å². The van der Waals surface area contributed by atoms with Gasteiger partial charge in [-0.15, -0.1) is 0 Å². The van der Waals surface area contributed by atoms with E-state index in [1.54, 1.807) is 30.5 Å². The molecule has 8 heteroatoms. The largest absolute Gasteiger partial charge is 0.477 e. The van der Waals surface area contributed by atoms with Gasteiger partial charge in [-0.1, -0.05) is 35.5 Å². The summed E-state index contributed by atoms with van der Waals surface area (Å²) in [5, 5.41) is 10.1. The maximum Gasteiger partial charge on any atom is 0.341 e. The number of aromatic nitrogens is 2. The number of carbonyl (C=O) groups is 1. The fourth-order valence-electron chi connectivity index (χ4n) is 1.40. The standard InChI is InChI=1S/C12H11ClN4O2S/c1-20-12-14-6-7(11(18)19)10(15-12)17-16-9-5-3-2-4-8(9)13/h2-6,16H,1H3,(H,18,19)(H,14,15,17). The summed E-state index contributed by atoms with van der Waals surface area (Å²) in [6, 6.07) is 7.08. The minimum absolute atomic E-state index is 0.0256. The third-order valence-electron chi connectivity index (χ3n) is 2.37. The molecule has 104 valence electrons. The Balaban J connectivity index is 2.24. The first-order valence-corrected chi connectivity index (χ1v) is 7.13. The highest BCUT2D eigenvalue weighted by atomic mass is 35.5. The number of nitrogens with one attached hydrogen (secondary N) is 2. The Morgan fingerprint density at radius 3 is 2.75 bits per heavy atom. The average Bonchev–Trinajstić information content (AvgIpc) is 2.46. The lowest BCUT2D eigenvalue weighted by Crippen LogP contribution is -2.15. The molecule has 2 aromatic rings. The van der Waals surface area contributed by atoms with Gasteiger partial charge in [0.1, 0.15) is 5.56 Å². The van der Waals surface area contributed by atoms with E-state index in [1.807, 2.05) is 0 Å². The number of hydrogen-bond donors (Lipinski definition) is 3. The minimum atomic E-state index is -1.11. The third-order valence-corrected chi connectivity index (χ3v) is 3.26. The third kappa shape index (κ3) is 3.31. The predicted octanol–water partition coefficient (Wildman–Crippen LogP) is 2.99. The summed E-state index contributed by atoms with van der Waals surface area (Å²) in [7, 11) is 0. The fraction of sp³-hybridized carbons (Fsp3) is 0.0833. The van der Waals surface area contributed by atoms with Crippen LogP contribution in [0.3, 0.4) is 0 Å². The molecule has 0 aliphatic rings. The molecule has 6 nitrogen and oxygen atoms in total. The highest BCUT2D eigenvalue weighted by Crippen LogP contribution is 2.22. The summed E-state index contributed by atoms with van der Waals surface area (Å²) in [5.41, 5.74) is 6.17. The molecule has 0 saturated carbocycles. The first kappa shape index (κ1) is 14.4. The number of anilines is 2. The first-order valence-electron chi connectivity index (χ1n) is 5.52. The number of aromatic carboxylic acids is 1. The molecule has 3 N–H and O–H groups in total. The molecule has 0 fully saturated rings. The number of para-hydroxylation sites is 1. The summed E-state index contributed by atoms with van der Waals surface area (Å²) in [6.45, 7) is 0. The number of halogens is 1.